The number of hydrogen-bond donors (Lipinski definition) is 1. The highest BCUT2D eigenvalue weighted by Crippen LogP contribution is 2.20. The van der Waals surface area contributed by atoms with Gasteiger partial charge in [-0.25, -0.2) is 12.7 Å². The van der Waals surface area contributed by atoms with Crippen LogP contribution in [0.4, 0.5) is 5.69 Å². The summed E-state index contributed by atoms with van der Waals surface area (Å²) in [6.45, 7) is 3.30. The average Bonchev–Trinajstić information content (AvgIpc) is 2.32. The molecule has 1 saturated heterocycles. The molecule has 0 aromatic heterocycles. The second kappa shape index (κ2) is 5.28. The molecule has 1 aliphatic rings. The van der Waals surface area contributed by atoms with E-state index < -0.39 is 10.0 Å². The zero-order chi connectivity index (χ0) is 13.2. The van der Waals surface area contributed by atoms with Crippen molar-refractivity contribution in [2.45, 2.75) is 25.8 Å². The highest BCUT2D eigenvalue weighted by molar-refractivity contribution is 7.88. The molecule has 100 valence electrons. The largest absolute Gasteiger partial charge is 0.382 e. The summed E-state index contributed by atoms with van der Waals surface area (Å²) < 4.78 is 24.4. The quantitative estimate of drug-likeness (QED) is 0.910. The third-order valence-corrected chi connectivity index (χ3v) is 4.73. The summed E-state index contributed by atoms with van der Waals surface area (Å²) in [6.07, 6.45) is 3.00. The lowest BCUT2D eigenvalue weighted by atomic mass is 10.1. The van der Waals surface area contributed by atoms with Gasteiger partial charge in [0.1, 0.15) is 0 Å². The van der Waals surface area contributed by atoms with E-state index in [9.17, 15) is 8.42 Å². The first-order chi connectivity index (χ1) is 8.47. The highest BCUT2D eigenvalue weighted by atomic mass is 32.2. The average molecular weight is 268 g/mol. The van der Waals surface area contributed by atoms with Crippen LogP contribution in [-0.2, 0) is 10.0 Å². The molecule has 1 aliphatic heterocycles. The SMILES string of the molecule is Cc1ccccc1NC1CCN(S(C)(=O)=O)CC1. The standard InChI is InChI=1S/C13H20N2O2S/c1-11-5-3-4-6-13(11)14-12-7-9-15(10-8-12)18(2,16)17/h3-6,12,14H,7-10H2,1-2H3. The van der Waals surface area contributed by atoms with Crippen molar-refractivity contribution in [1.82, 2.24) is 4.31 Å². The maximum atomic E-state index is 11.4. The predicted molar refractivity (Wildman–Crippen MR) is 74.2 cm³/mol. The Morgan fingerprint density at radius 3 is 2.39 bits per heavy atom. The molecule has 0 radical (unpaired) electrons. The van der Waals surface area contributed by atoms with E-state index in [0.717, 1.165) is 18.5 Å². The van der Waals surface area contributed by atoms with E-state index in [4.69, 9.17) is 0 Å². The molecule has 18 heavy (non-hydrogen) atoms. The van der Waals surface area contributed by atoms with Crippen molar-refractivity contribution >= 4 is 15.7 Å². The molecule has 4 nitrogen and oxygen atoms in total. The maximum absolute atomic E-state index is 11.4. The molecular weight excluding hydrogens is 248 g/mol. The zero-order valence-electron chi connectivity index (χ0n) is 10.9. The van der Waals surface area contributed by atoms with Crippen LogP contribution >= 0.6 is 0 Å². The Labute approximate surface area is 109 Å². The molecule has 1 heterocycles. The van der Waals surface area contributed by atoms with Gasteiger partial charge >= 0.3 is 0 Å². The van der Waals surface area contributed by atoms with Gasteiger partial charge < -0.3 is 5.32 Å². The van der Waals surface area contributed by atoms with E-state index in [1.165, 1.54) is 11.8 Å². The van der Waals surface area contributed by atoms with Crippen LogP contribution in [0.5, 0.6) is 0 Å². The molecule has 0 bridgehead atoms. The first-order valence-electron chi connectivity index (χ1n) is 6.24. The maximum Gasteiger partial charge on any atom is 0.211 e. The van der Waals surface area contributed by atoms with Crippen molar-refractivity contribution in [3.63, 3.8) is 0 Å². The third kappa shape index (κ3) is 3.23. The van der Waals surface area contributed by atoms with Gasteiger partial charge in [-0.2, -0.15) is 0 Å². The monoisotopic (exact) mass is 268 g/mol. The van der Waals surface area contributed by atoms with Crippen LogP contribution < -0.4 is 5.32 Å². The number of para-hydroxylation sites is 1. The van der Waals surface area contributed by atoms with E-state index in [-0.39, 0.29) is 0 Å². The van der Waals surface area contributed by atoms with E-state index in [2.05, 4.69) is 24.4 Å². The Hall–Kier alpha value is -1.07. The van der Waals surface area contributed by atoms with Gasteiger partial charge in [0.15, 0.2) is 0 Å². The molecule has 0 saturated carbocycles. The molecule has 1 aromatic rings. The summed E-state index contributed by atoms with van der Waals surface area (Å²) in [6, 6.07) is 8.55. The van der Waals surface area contributed by atoms with Gasteiger partial charge in [-0.15, -0.1) is 0 Å². The minimum absolute atomic E-state index is 0.365. The number of anilines is 1. The summed E-state index contributed by atoms with van der Waals surface area (Å²) in [7, 11) is -3.02. The van der Waals surface area contributed by atoms with Crippen LogP contribution in [0.15, 0.2) is 24.3 Å². The lowest BCUT2D eigenvalue weighted by molar-refractivity contribution is 0.332. The van der Waals surface area contributed by atoms with Crippen molar-refractivity contribution < 1.29 is 8.42 Å². The number of nitrogens with zero attached hydrogens (tertiary/aromatic N) is 1. The molecule has 0 unspecified atom stereocenters. The first kappa shape index (κ1) is 13.4. The van der Waals surface area contributed by atoms with Crippen LogP contribution in [0.3, 0.4) is 0 Å². The number of piperidine rings is 1. The third-order valence-electron chi connectivity index (χ3n) is 3.43. The second-order valence-electron chi connectivity index (χ2n) is 4.90. The first-order valence-corrected chi connectivity index (χ1v) is 8.09. The summed E-state index contributed by atoms with van der Waals surface area (Å²) in [5, 5.41) is 3.50. The lowest BCUT2D eigenvalue weighted by Crippen LogP contribution is -2.41. The van der Waals surface area contributed by atoms with Crippen LogP contribution in [0.2, 0.25) is 0 Å². The van der Waals surface area contributed by atoms with Crippen molar-refractivity contribution in [1.29, 1.82) is 0 Å². The summed E-state index contributed by atoms with van der Waals surface area (Å²) >= 11 is 0. The Morgan fingerprint density at radius 2 is 1.83 bits per heavy atom. The molecular formula is C13H20N2O2S. The van der Waals surface area contributed by atoms with Crippen molar-refractivity contribution in [3.05, 3.63) is 29.8 Å². The number of sulfonamides is 1. The number of aryl methyl sites for hydroxylation is 1. The van der Waals surface area contributed by atoms with Gasteiger partial charge in [0, 0.05) is 24.8 Å². The van der Waals surface area contributed by atoms with Crippen molar-refractivity contribution in [2.75, 3.05) is 24.7 Å². The van der Waals surface area contributed by atoms with E-state index >= 15 is 0 Å². The van der Waals surface area contributed by atoms with Gasteiger partial charge in [0.2, 0.25) is 10.0 Å². The Bertz CT molecular complexity index is 505. The van der Waals surface area contributed by atoms with E-state index in [1.807, 2.05) is 12.1 Å². The Morgan fingerprint density at radius 1 is 1.22 bits per heavy atom. The summed E-state index contributed by atoms with van der Waals surface area (Å²) in [5.41, 5.74) is 2.37. The van der Waals surface area contributed by atoms with Crippen molar-refractivity contribution in [2.24, 2.45) is 0 Å². The second-order valence-corrected chi connectivity index (χ2v) is 6.88. The van der Waals surface area contributed by atoms with Gasteiger partial charge in [0.05, 0.1) is 6.26 Å². The van der Waals surface area contributed by atoms with Crippen LogP contribution in [-0.4, -0.2) is 38.1 Å². The molecule has 0 aliphatic carbocycles. The van der Waals surface area contributed by atoms with Gasteiger partial charge in [-0.1, -0.05) is 18.2 Å². The smallest absolute Gasteiger partial charge is 0.211 e. The minimum Gasteiger partial charge on any atom is -0.382 e. The number of benzene rings is 1. The molecule has 1 N–H and O–H groups in total. The number of nitrogens with one attached hydrogen (secondary N) is 1. The molecule has 0 atom stereocenters. The van der Waals surface area contributed by atoms with Crippen LogP contribution in [0.1, 0.15) is 18.4 Å². The van der Waals surface area contributed by atoms with Gasteiger partial charge in [0.25, 0.3) is 0 Å². The van der Waals surface area contributed by atoms with Crippen LogP contribution in [0.25, 0.3) is 0 Å². The Kier molecular flexibility index (Phi) is 3.92. The molecule has 0 spiro atoms. The molecule has 5 heteroatoms. The zero-order valence-corrected chi connectivity index (χ0v) is 11.7. The van der Waals surface area contributed by atoms with Crippen molar-refractivity contribution in [3.8, 4) is 0 Å². The van der Waals surface area contributed by atoms with E-state index in [1.54, 1.807) is 4.31 Å². The highest BCUT2D eigenvalue weighted by Gasteiger charge is 2.24. The molecule has 2 rings (SSSR count). The predicted octanol–water partition coefficient (Wildman–Crippen LogP) is 1.83. The summed E-state index contributed by atoms with van der Waals surface area (Å²) in [5.74, 6) is 0. The molecule has 1 fully saturated rings. The topological polar surface area (TPSA) is 49.4 Å². The lowest BCUT2D eigenvalue weighted by Gasteiger charge is -2.31. The fourth-order valence-corrected chi connectivity index (χ4v) is 3.16. The van der Waals surface area contributed by atoms with Gasteiger partial charge in [-0.3, -0.25) is 0 Å². The fourth-order valence-electron chi connectivity index (χ4n) is 2.29. The summed E-state index contributed by atoms with van der Waals surface area (Å²) in [4.78, 5) is 0. The van der Waals surface area contributed by atoms with Crippen LogP contribution in [0, 0.1) is 6.92 Å². The minimum atomic E-state index is -3.02. The fraction of sp³-hybridized carbons (Fsp3) is 0.538. The molecule has 0 amide bonds. The number of rotatable bonds is 3. The Balaban J connectivity index is 1.94. The number of hydrogen-bond acceptors (Lipinski definition) is 3. The van der Waals surface area contributed by atoms with Gasteiger partial charge in [-0.05, 0) is 31.4 Å². The van der Waals surface area contributed by atoms with E-state index in [0.29, 0.717) is 19.1 Å². The molecule has 1 aromatic carbocycles. The normalized spacial score (nSPS) is 18.8.